The third-order valence-corrected chi connectivity index (χ3v) is 13.6. The minimum Gasteiger partial charge on any atom is -0.313 e. The van der Waals surface area contributed by atoms with E-state index in [4.69, 9.17) is 9.97 Å². The van der Waals surface area contributed by atoms with Gasteiger partial charge in [0.25, 0.3) is 0 Å². The van der Waals surface area contributed by atoms with Gasteiger partial charge < -0.3 is 9.80 Å². The predicted molar refractivity (Wildman–Crippen MR) is 272 cm³/mol. The van der Waals surface area contributed by atoms with Crippen molar-refractivity contribution in [1.82, 2.24) is 9.97 Å². The highest BCUT2D eigenvalue weighted by Crippen LogP contribution is 2.55. The smallest absolute Gasteiger partial charge is 0.160 e. The number of anilines is 4. The summed E-state index contributed by atoms with van der Waals surface area (Å²) in [4.78, 5) is 15.6. The van der Waals surface area contributed by atoms with Crippen LogP contribution in [0.4, 0.5) is 22.7 Å². The van der Waals surface area contributed by atoms with Crippen LogP contribution in [0.5, 0.6) is 0 Å². The van der Waals surface area contributed by atoms with Crippen LogP contribution in [0.15, 0.2) is 236 Å². The van der Waals surface area contributed by atoms with Crippen LogP contribution in [0, 0.1) is 5.92 Å². The Morgan fingerprint density at radius 1 is 0.615 bits per heavy atom. The number of aromatic nitrogens is 2. The van der Waals surface area contributed by atoms with Gasteiger partial charge in [-0.1, -0.05) is 170 Å². The van der Waals surface area contributed by atoms with Gasteiger partial charge in [-0.3, -0.25) is 0 Å². The summed E-state index contributed by atoms with van der Waals surface area (Å²) in [5.41, 5.74) is 19.0. The molecule has 4 nitrogen and oxygen atoms in total. The predicted octanol–water partition coefficient (Wildman–Crippen LogP) is 15.7. The number of hydrogen-bond donors (Lipinski definition) is 0. The van der Waals surface area contributed by atoms with Crippen molar-refractivity contribution in [3.8, 4) is 33.8 Å². The molecule has 4 heteroatoms. The molecule has 310 valence electrons. The van der Waals surface area contributed by atoms with Gasteiger partial charge in [0.1, 0.15) is 0 Å². The van der Waals surface area contributed by atoms with Crippen LogP contribution in [0.2, 0.25) is 0 Å². The summed E-state index contributed by atoms with van der Waals surface area (Å²) < 4.78 is 0. The van der Waals surface area contributed by atoms with E-state index in [2.05, 4.69) is 230 Å². The van der Waals surface area contributed by atoms with E-state index in [9.17, 15) is 0 Å². The summed E-state index contributed by atoms with van der Waals surface area (Å²) in [6, 6.07) is 55.2. The highest BCUT2D eigenvalue weighted by Gasteiger charge is 2.41. The molecule has 0 amide bonds. The van der Waals surface area contributed by atoms with Crippen molar-refractivity contribution in [3.63, 3.8) is 0 Å². The molecule has 8 aromatic rings. The minimum absolute atomic E-state index is 0.142. The quantitative estimate of drug-likeness (QED) is 0.150. The van der Waals surface area contributed by atoms with E-state index in [1.807, 2.05) is 6.08 Å². The second kappa shape index (κ2) is 15.9. The fraction of sp³-hybridized carbons (Fsp3) is 0.0820. The number of benzene rings is 7. The molecule has 0 fully saturated rings. The Hall–Kier alpha value is -8.08. The Morgan fingerprint density at radius 3 is 2.35 bits per heavy atom. The molecule has 12 rings (SSSR count). The van der Waals surface area contributed by atoms with Crippen LogP contribution in [-0.2, 0) is 6.42 Å². The molecule has 1 aromatic heterocycles. The summed E-state index contributed by atoms with van der Waals surface area (Å²) in [5, 5.41) is 3.40. The van der Waals surface area contributed by atoms with Gasteiger partial charge in [-0.05, 0) is 100 Å². The fourth-order valence-electron chi connectivity index (χ4n) is 10.5. The summed E-state index contributed by atoms with van der Waals surface area (Å²) in [6.45, 7) is 6.28. The first-order chi connectivity index (χ1) is 32.1. The molecular formula is C61H46N4. The second-order valence-electron chi connectivity index (χ2n) is 17.4. The molecule has 2 unspecified atom stereocenters. The number of allylic oxidation sites excluding steroid dienone is 12. The lowest BCUT2D eigenvalue weighted by Gasteiger charge is -2.35. The summed E-state index contributed by atoms with van der Waals surface area (Å²) in [7, 11) is 0. The zero-order chi connectivity index (χ0) is 43.4. The van der Waals surface area contributed by atoms with Gasteiger partial charge in [-0.2, -0.15) is 0 Å². The van der Waals surface area contributed by atoms with Crippen LogP contribution in [0.3, 0.4) is 0 Å². The first kappa shape index (κ1) is 38.6. The normalized spacial score (nSPS) is 17.3. The zero-order valence-electron chi connectivity index (χ0n) is 36.3. The summed E-state index contributed by atoms with van der Waals surface area (Å²) in [6.07, 6.45) is 23.6. The molecule has 0 spiro atoms. The maximum absolute atomic E-state index is 5.40. The van der Waals surface area contributed by atoms with Gasteiger partial charge in [0, 0.05) is 69.6 Å². The molecule has 2 atom stereocenters. The molecule has 3 heterocycles. The van der Waals surface area contributed by atoms with Crippen LogP contribution in [0.25, 0.3) is 55.4 Å². The van der Waals surface area contributed by atoms with Crippen molar-refractivity contribution in [1.29, 1.82) is 0 Å². The standard InChI is InChI=1S/C61H46N4/c1-3-4-24-49-40(2)30-34-57-59(49)53-33-31-43(42-32-35-56-46(36-42)37-44-18-10-14-29-55(44)64(56)47-21-7-5-6-8-22-47)39-58(53)65(57)48-23-15-20-45(38-48)61-62-54-28-13-12-26-52(54)60(63-61)51-27-16-19-41-17-9-11-25-50(41)51/h3-21,23-36,38-39,49,59H,1,22,37H2,2H3/b24-4-. The molecule has 0 radical (unpaired) electrons. The molecule has 0 saturated heterocycles. The van der Waals surface area contributed by atoms with Crippen molar-refractivity contribution in [2.45, 2.75) is 25.7 Å². The van der Waals surface area contributed by atoms with E-state index >= 15 is 0 Å². The topological polar surface area (TPSA) is 32.3 Å². The average molecular weight is 835 g/mol. The molecular weight excluding hydrogens is 789 g/mol. The Balaban J connectivity index is 0.986. The molecule has 7 aromatic carbocycles. The second-order valence-corrected chi connectivity index (χ2v) is 17.4. The maximum atomic E-state index is 5.40. The molecule has 2 aliphatic heterocycles. The Bertz CT molecular complexity index is 3440. The molecule has 0 bridgehead atoms. The lowest BCUT2D eigenvalue weighted by molar-refractivity contribution is 0.642. The highest BCUT2D eigenvalue weighted by atomic mass is 15.2. The first-order valence-electron chi connectivity index (χ1n) is 22.6. The summed E-state index contributed by atoms with van der Waals surface area (Å²) >= 11 is 0. The summed E-state index contributed by atoms with van der Waals surface area (Å²) in [5.74, 6) is 1.04. The molecule has 4 aliphatic rings. The van der Waals surface area contributed by atoms with E-state index < -0.39 is 0 Å². The van der Waals surface area contributed by atoms with E-state index in [-0.39, 0.29) is 11.8 Å². The number of rotatable bonds is 7. The van der Waals surface area contributed by atoms with Crippen LogP contribution in [0.1, 0.15) is 36.0 Å². The highest BCUT2D eigenvalue weighted by molar-refractivity contribution is 6.03. The van der Waals surface area contributed by atoms with Gasteiger partial charge >= 0.3 is 0 Å². The van der Waals surface area contributed by atoms with Crippen LogP contribution < -0.4 is 9.80 Å². The largest absolute Gasteiger partial charge is 0.313 e. The average Bonchev–Trinajstić information content (AvgIpc) is 3.46. The maximum Gasteiger partial charge on any atom is 0.160 e. The van der Waals surface area contributed by atoms with E-state index in [0.29, 0.717) is 5.82 Å². The van der Waals surface area contributed by atoms with E-state index in [1.54, 1.807) is 0 Å². The van der Waals surface area contributed by atoms with Crippen molar-refractivity contribution in [2.75, 3.05) is 9.80 Å². The lowest BCUT2D eigenvalue weighted by Crippen LogP contribution is -2.22. The minimum atomic E-state index is 0.142. The first-order valence-corrected chi connectivity index (χ1v) is 22.6. The van der Waals surface area contributed by atoms with Crippen LogP contribution >= 0.6 is 0 Å². The Morgan fingerprint density at radius 2 is 1.42 bits per heavy atom. The fourth-order valence-corrected chi connectivity index (χ4v) is 10.5. The van der Waals surface area contributed by atoms with E-state index in [1.165, 1.54) is 72.6 Å². The number of fused-ring (bicyclic) bond motifs is 7. The Kier molecular flexibility index (Phi) is 9.45. The van der Waals surface area contributed by atoms with Gasteiger partial charge in [-0.15, -0.1) is 0 Å². The third kappa shape index (κ3) is 6.60. The van der Waals surface area contributed by atoms with Crippen LogP contribution in [-0.4, -0.2) is 9.97 Å². The van der Waals surface area contributed by atoms with Gasteiger partial charge in [0.15, 0.2) is 5.82 Å². The molecule has 65 heavy (non-hydrogen) atoms. The SMILES string of the molecule is C=C/C=C\C1C(C)=CC=C2C1c1ccc(-c3ccc4c(c3)Cc3ccccc3N4C3=CC=CC=CC3)cc1N2c1cccc(-c2nc(-c3cccc4ccccc34)c3ccccc3n2)c1. The number of hydrogen-bond acceptors (Lipinski definition) is 4. The number of para-hydroxylation sites is 2. The number of nitrogens with zero attached hydrogens (tertiary/aromatic N) is 4. The van der Waals surface area contributed by atoms with Gasteiger partial charge in [0.2, 0.25) is 0 Å². The third-order valence-electron chi connectivity index (χ3n) is 13.6. The van der Waals surface area contributed by atoms with Crippen molar-refractivity contribution in [3.05, 3.63) is 253 Å². The Labute approximate surface area is 380 Å². The van der Waals surface area contributed by atoms with E-state index in [0.717, 1.165) is 46.3 Å². The molecule has 2 aliphatic carbocycles. The zero-order valence-corrected chi connectivity index (χ0v) is 36.3. The van der Waals surface area contributed by atoms with Gasteiger partial charge in [-0.25, -0.2) is 9.97 Å². The van der Waals surface area contributed by atoms with Gasteiger partial charge in [0.05, 0.1) is 16.9 Å². The molecule has 0 N–H and O–H groups in total. The van der Waals surface area contributed by atoms with Crippen molar-refractivity contribution < 1.29 is 0 Å². The molecule has 0 saturated carbocycles. The van der Waals surface area contributed by atoms with Crippen molar-refractivity contribution >= 4 is 44.4 Å². The lowest BCUT2D eigenvalue weighted by atomic mass is 9.77. The van der Waals surface area contributed by atoms with Crippen molar-refractivity contribution in [2.24, 2.45) is 5.92 Å². The monoisotopic (exact) mass is 834 g/mol.